The van der Waals surface area contributed by atoms with E-state index in [0.29, 0.717) is 11.3 Å². The van der Waals surface area contributed by atoms with Gasteiger partial charge in [-0.2, -0.15) is 0 Å². The number of benzene rings is 1. The summed E-state index contributed by atoms with van der Waals surface area (Å²) in [7, 11) is 0. The minimum Gasteiger partial charge on any atom is -0.392 e. The van der Waals surface area contributed by atoms with Gasteiger partial charge >= 0.3 is 0 Å². The lowest BCUT2D eigenvalue weighted by Gasteiger charge is -2.25. The molecule has 1 aromatic carbocycles. The summed E-state index contributed by atoms with van der Waals surface area (Å²) in [5.41, 5.74) is 1.30. The number of nitrogens with zero attached hydrogens (tertiary/aromatic N) is 1. The Labute approximate surface area is 95.7 Å². The molecule has 0 spiro atoms. The molecule has 88 valence electrons. The van der Waals surface area contributed by atoms with Gasteiger partial charge in [0.1, 0.15) is 5.82 Å². The Balaban J connectivity index is 2.29. The molecular weight excluding hydrogens is 205 g/mol. The van der Waals surface area contributed by atoms with Crippen molar-refractivity contribution in [2.75, 3.05) is 18.0 Å². The van der Waals surface area contributed by atoms with Crippen LogP contribution in [-0.2, 0) is 6.61 Å². The number of aliphatic hydroxyl groups excluding tert-OH is 1. The van der Waals surface area contributed by atoms with E-state index < -0.39 is 0 Å². The summed E-state index contributed by atoms with van der Waals surface area (Å²) in [6.45, 7) is 1.70. The summed E-state index contributed by atoms with van der Waals surface area (Å²) < 4.78 is 13.8. The van der Waals surface area contributed by atoms with Crippen LogP contribution >= 0.6 is 0 Å². The van der Waals surface area contributed by atoms with Gasteiger partial charge in [-0.05, 0) is 18.9 Å². The molecule has 0 amide bonds. The average molecular weight is 223 g/mol. The summed E-state index contributed by atoms with van der Waals surface area (Å²) in [6, 6.07) is 4.92. The lowest BCUT2D eigenvalue weighted by Crippen LogP contribution is -2.26. The van der Waals surface area contributed by atoms with Crippen molar-refractivity contribution in [1.29, 1.82) is 0 Å². The lowest BCUT2D eigenvalue weighted by atomic mass is 10.1. The molecule has 1 aromatic rings. The van der Waals surface area contributed by atoms with Gasteiger partial charge in [0.25, 0.3) is 0 Å². The second-order valence-corrected chi connectivity index (χ2v) is 4.31. The third-order valence-electron chi connectivity index (χ3n) is 3.16. The van der Waals surface area contributed by atoms with Crippen molar-refractivity contribution < 1.29 is 9.50 Å². The first-order valence-electron chi connectivity index (χ1n) is 5.96. The van der Waals surface area contributed by atoms with E-state index in [-0.39, 0.29) is 12.4 Å². The Kier molecular flexibility index (Phi) is 3.78. The molecule has 1 aliphatic rings. The molecule has 1 N–H and O–H groups in total. The quantitative estimate of drug-likeness (QED) is 0.833. The second-order valence-electron chi connectivity index (χ2n) is 4.31. The monoisotopic (exact) mass is 223 g/mol. The van der Waals surface area contributed by atoms with Gasteiger partial charge in [0.05, 0.1) is 12.3 Å². The number of hydrogen-bond donors (Lipinski definition) is 1. The van der Waals surface area contributed by atoms with Crippen LogP contribution in [0.4, 0.5) is 10.1 Å². The third kappa shape index (κ3) is 2.35. The molecule has 0 saturated carbocycles. The highest BCUT2D eigenvalue weighted by molar-refractivity contribution is 5.54. The molecule has 1 heterocycles. The second kappa shape index (κ2) is 5.30. The molecule has 2 rings (SSSR count). The molecule has 0 radical (unpaired) electrons. The van der Waals surface area contributed by atoms with Crippen LogP contribution in [0.25, 0.3) is 0 Å². The maximum atomic E-state index is 13.8. The minimum absolute atomic E-state index is 0.0937. The van der Waals surface area contributed by atoms with Crippen molar-refractivity contribution in [3.63, 3.8) is 0 Å². The van der Waals surface area contributed by atoms with Gasteiger partial charge in [-0.25, -0.2) is 4.39 Å². The van der Waals surface area contributed by atoms with E-state index in [4.69, 9.17) is 0 Å². The predicted molar refractivity (Wildman–Crippen MR) is 63.0 cm³/mol. The van der Waals surface area contributed by atoms with Crippen molar-refractivity contribution >= 4 is 5.69 Å². The first kappa shape index (κ1) is 11.4. The average Bonchev–Trinajstić information content (AvgIpc) is 2.57. The van der Waals surface area contributed by atoms with Gasteiger partial charge < -0.3 is 10.0 Å². The zero-order valence-corrected chi connectivity index (χ0v) is 9.45. The highest BCUT2D eigenvalue weighted by atomic mass is 19.1. The van der Waals surface area contributed by atoms with Crippen LogP contribution in [0.5, 0.6) is 0 Å². The van der Waals surface area contributed by atoms with Crippen molar-refractivity contribution in [3.05, 3.63) is 29.6 Å². The normalized spacial score (nSPS) is 17.2. The van der Waals surface area contributed by atoms with Gasteiger partial charge in [-0.3, -0.25) is 0 Å². The van der Waals surface area contributed by atoms with E-state index in [1.54, 1.807) is 12.1 Å². The molecule has 1 aliphatic heterocycles. The SMILES string of the molecule is OCc1cccc(F)c1N1CCCCCC1. The fourth-order valence-electron chi connectivity index (χ4n) is 2.34. The van der Waals surface area contributed by atoms with Crippen molar-refractivity contribution in [2.45, 2.75) is 32.3 Å². The zero-order chi connectivity index (χ0) is 11.4. The molecule has 0 atom stereocenters. The molecule has 0 unspecified atom stereocenters. The van der Waals surface area contributed by atoms with Crippen LogP contribution in [0, 0.1) is 5.82 Å². The van der Waals surface area contributed by atoms with E-state index in [0.717, 1.165) is 25.9 Å². The van der Waals surface area contributed by atoms with Gasteiger partial charge in [0.15, 0.2) is 0 Å². The molecule has 1 saturated heterocycles. The summed E-state index contributed by atoms with van der Waals surface area (Å²) in [5.74, 6) is -0.214. The topological polar surface area (TPSA) is 23.5 Å². The van der Waals surface area contributed by atoms with Gasteiger partial charge in [0, 0.05) is 18.7 Å². The number of para-hydroxylation sites is 1. The fourth-order valence-corrected chi connectivity index (χ4v) is 2.34. The van der Waals surface area contributed by atoms with Crippen LogP contribution < -0.4 is 4.90 Å². The van der Waals surface area contributed by atoms with Crippen LogP contribution in [0.15, 0.2) is 18.2 Å². The summed E-state index contributed by atoms with van der Waals surface area (Å²) in [4.78, 5) is 2.08. The Morgan fingerprint density at radius 3 is 2.44 bits per heavy atom. The predicted octanol–water partition coefficient (Wildman–Crippen LogP) is 2.70. The van der Waals surface area contributed by atoms with Crippen molar-refractivity contribution in [3.8, 4) is 0 Å². The Morgan fingerprint density at radius 2 is 1.81 bits per heavy atom. The van der Waals surface area contributed by atoms with Gasteiger partial charge in [-0.15, -0.1) is 0 Å². The Hall–Kier alpha value is -1.09. The molecule has 0 aliphatic carbocycles. The largest absolute Gasteiger partial charge is 0.392 e. The highest BCUT2D eigenvalue weighted by Crippen LogP contribution is 2.27. The molecule has 1 fully saturated rings. The van der Waals surface area contributed by atoms with E-state index in [2.05, 4.69) is 4.90 Å². The van der Waals surface area contributed by atoms with Gasteiger partial charge in [-0.1, -0.05) is 25.0 Å². The molecular formula is C13H18FNO. The summed E-state index contributed by atoms with van der Waals surface area (Å²) in [5, 5.41) is 9.25. The van der Waals surface area contributed by atoms with Gasteiger partial charge in [0.2, 0.25) is 0 Å². The van der Waals surface area contributed by atoms with Crippen LogP contribution in [0.2, 0.25) is 0 Å². The van der Waals surface area contributed by atoms with Crippen molar-refractivity contribution in [1.82, 2.24) is 0 Å². The van der Waals surface area contributed by atoms with Crippen molar-refractivity contribution in [2.24, 2.45) is 0 Å². The lowest BCUT2D eigenvalue weighted by molar-refractivity contribution is 0.281. The summed E-state index contributed by atoms with van der Waals surface area (Å²) in [6.07, 6.45) is 4.66. The maximum Gasteiger partial charge on any atom is 0.146 e. The smallest absolute Gasteiger partial charge is 0.146 e. The minimum atomic E-state index is -0.214. The first-order chi connectivity index (χ1) is 7.83. The number of aliphatic hydroxyl groups is 1. The first-order valence-corrected chi connectivity index (χ1v) is 5.96. The number of halogens is 1. The Morgan fingerprint density at radius 1 is 1.12 bits per heavy atom. The molecule has 0 aromatic heterocycles. The highest BCUT2D eigenvalue weighted by Gasteiger charge is 2.16. The molecule has 2 nitrogen and oxygen atoms in total. The van der Waals surface area contributed by atoms with E-state index in [1.807, 2.05) is 0 Å². The maximum absolute atomic E-state index is 13.8. The van der Waals surface area contributed by atoms with Crippen LogP contribution in [0.3, 0.4) is 0 Å². The number of hydrogen-bond acceptors (Lipinski definition) is 2. The van der Waals surface area contributed by atoms with E-state index >= 15 is 0 Å². The van der Waals surface area contributed by atoms with Crippen LogP contribution in [0.1, 0.15) is 31.2 Å². The third-order valence-corrected chi connectivity index (χ3v) is 3.16. The molecule has 3 heteroatoms. The number of anilines is 1. The molecule has 16 heavy (non-hydrogen) atoms. The number of rotatable bonds is 2. The van der Waals surface area contributed by atoms with E-state index in [9.17, 15) is 9.50 Å². The Bertz CT molecular complexity index is 346. The standard InChI is InChI=1S/C13H18FNO/c14-12-7-5-6-11(10-16)13(12)15-8-3-1-2-4-9-15/h5-7,16H,1-4,8-10H2. The summed E-state index contributed by atoms with van der Waals surface area (Å²) >= 11 is 0. The van der Waals surface area contributed by atoms with Crippen LogP contribution in [-0.4, -0.2) is 18.2 Å². The zero-order valence-electron chi connectivity index (χ0n) is 9.45. The van der Waals surface area contributed by atoms with E-state index in [1.165, 1.54) is 18.9 Å². The molecule has 0 bridgehead atoms. The fraction of sp³-hybridized carbons (Fsp3) is 0.538.